The van der Waals surface area contributed by atoms with Gasteiger partial charge in [0.05, 0.1) is 10.6 Å². The van der Waals surface area contributed by atoms with Gasteiger partial charge in [-0.1, -0.05) is 19.1 Å². The van der Waals surface area contributed by atoms with Crippen LogP contribution in [-0.4, -0.2) is 34.8 Å². The molecule has 4 rings (SSSR count). The van der Waals surface area contributed by atoms with Crippen LogP contribution in [0.3, 0.4) is 0 Å². The molecule has 0 spiro atoms. The number of H-pyrrole nitrogens is 1. The summed E-state index contributed by atoms with van der Waals surface area (Å²) in [4.78, 5) is 40.5. The molecule has 0 bridgehead atoms. The molecule has 1 aromatic carbocycles. The maximum absolute atomic E-state index is 13.3. The third-order valence-electron chi connectivity index (χ3n) is 6.25. The number of hydrogen-bond donors (Lipinski definition) is 2. The van der Waals surface area contributed by atoms with Crippen LogP contribution in [-0.2, 0) is 4.79 Å². The Morgan fingerprint density at radius 2 is 1.91 bits per heavy atom. The maximum atomic E-state index is 13.3. The number of carbonyl (C=O) groups excluding carboxylic acids is 3. The Labute approximate surface area is 197 Å². The standard InChI is InChI=1S/C25H28N4O3S/c1-3-29(25(32)18-6-4-16(2)5-7-18)21-14-22(33-23(21)15-30)17-8-10-19(11-9-17)27-24(31)20-12-13-26-28-20/h8-16,18H,3-7H2,1-2H3,(H,26,28)(H,27,31)/t16-,18-. The maximum Gasteiger partial charge on any atom is 0.276 e. The van der Waals surface area contributed by atoms with E-state index in [1.54, 1.807) is 17.2 Å². The lowest BCUT2D eigenvalue weighted by atomic mass is 9.82. The minimum absolute atomic E-state index is 0.0291. The summed E-state index contributed by atoms with van der Waals surface area (Å²) >= 11 is 1.38. The molecule has 0 unspecified atom stereocenters. The van der Waals surface area contributed by atoms with Crippen molar-refractivity contribution >= 4 is 40.8 Å². The van der Waals surface area contributed by atoms with Crippen LogP contribution >= 0.6 is 11.3 Å². The minimum atomic E-state index is -0.292. The van der Waals surface area contributed by atoms with Crippen molar-refractivity contribution in [1.82, 2.24) is 10.2 Å². The Hall–Kier alpha value is -3.26. The number of thiophene rings is 1. The van der Waals surface area contributed by atoms with Gasteiger partial charge in [-0.2, -0.15) is 5.10 Å². The third-order valence-corrected chi connectivity index (χ3v) is 7.34. The summed E-state index contributed by atoms with van der Waals surface area (Å²) in [5, 5.41) is 9.30. The van der Waals surface area contributed by atoms with Gasteiger partial charge in [-0.15, -0.1) is 11.3 Å². The molecule has 7 nitrogen and oxygen atoms in total. The molecule has 8 heteroatoms. The largest absolute Gasteiger partial charge is 0.321 e. The molecule has 2 aromatic heterocycles. The lowest BCUT2D eigenvalue weighted by Crippen LogP contribution is -2.37. The van der Waals surface area contributed by atoms with Crippen LogP contribution in [0.4, 0.5) is 11.4 Å². The highest BCUT2D eigenvalue weighted by atomic mass is 32.1. The zero-order chi connectivity index (χ0) is 23.4. The van der Waals surface area contributed by atoms with Crippen LogP contribution in [0.15, 0.2) is 42.6 Å². The SMILES string of the molecule is CCN(c1cc(-c2ccc(NC(=O)c3cc[nH]n3)cc2)sc1C=O)C(=O)[C@H]1CC[C@H](C)CC1. The van der Waals surface area contributed by atoms with Crippen LogP contribution < -0.4 is 10.2 Å². The van der Waals surface area contributed by atoms with Crippen molar-refractivity contribution in [2.24, 2.45) is 11.8 Å². The van der Waals surface area contributed by atoms with Crippen molar-refractivity contribution in [2.75, 3.05) is 16.8 Å². The van der Waals surface area contributed by atoms with Gasteiger partial charge in [0, 0.05) is 29.2 Å². The number of carbonyl (C=O) groups is 3. The summed E-state index contributed by atoms with van der Waals surface area (Å²) in [6, 6.07) is 10.9. The fraction of sp³-hybridized carbons (Fsp3) is 0.360. The Bertz CT molecular complexity index is 1110. The lowest BCUT2D eigenvalue weighted by molar-refractivity contribution is -0.123. The van der Waals surface area contributed by atoms with Gasteiger partial charge in [-0.3, -0.25) is 19.5 Å². The van der Waals surface area contributed by atoms with E-state index >= 15 is 0 Å². The van der Waals surface area contributed by atoms with Gasteiger partial charge in [0.15, 0.2) is 6.29 Å². The highest BCUT2D eigenvalue weighted by Gasteiger charge is 2.30. The summed E-state index contributed by atoms with van der Waals surface area (Å²) in [6.45, 7) is 4.72. The average Bonchev–Trinajstić information content (AvgIpc) is 3.51. The van der Waals surface area contributed by atoms with Crippen molar-refractivity contribution in [1.29, 1.82) is 0 Å². The molecule has 0 radical (unpaired) electrons. The Morgan fingerprint density at radius 1 is 1.18 bits per heavy atom. The van der Waals surface area contributed by atoms with E-state index in [9.17, 15) is 14.4 Å². The smallest absolute Gasteiger partial charge is 0.276 e. The molecule has 1 aliphatic carbocycles. The van der Waals surface area contributed by atoms with Crippen molar-refractivity contribution in [3.63, 3.8) is 0 Å². The molecule has 2 amide bonds. The van der Waals surface area contributed by atoms with Gasteiger partial charge < -0.3 is 10.2 Å². The summed E-state index contributed by atoms with van der Waals surface area (Å²) in [7, 11) is 0. The number of rotatable bonds is 7. The van der Waals surface area contributed by atoms with Gasteiger partial charge in [-0.25, -0.2) is 0 Å². The second-order valence-corrected chi connectivity index (χ2v) is 9.59. The molecule has 2 heterocycles. The molecule has 0 saturated heterocycles. The fourth-order valence-corrected chi connectivity index (χ4v) is 5.29. The van der Waals surface area contributed by atoms with Crippen LogP contribution in [0.25, 0.3) is 10.4 Å². The fourth-order valence-electron chi connectivity index (χ4n) is 4.31. The molecular formula is C25H28N4O3S. The molecular weight excluding hydrogens is 436 g/mol. The number of benzene rings is 1. The molecule has 3 aromatic rings. The van der Waals surface area contributed by atoms with Gasteiger partial charge >= 0.3 is 0 Å². The number of aldehydes is 1. The van der Waals surface area contributed by atoms with Crippen LogP contribution in [0.2, 0.25) is 0 Å². The van der Waals surface area contributed by atoms with Gasteiger partial charge in [0.2, 0.25) is 5.91 Å². The zero-order valence-corrected chi connectivity index (χ0v) is 19.7. The molecule has 0 aliphatic heterocycles. The highest BCUT2D eigenvalue weighted by molar-refractivity contribution is 7.17. The number of amides is 2. The van der Waals surface area contributed by atoms with Gasteiger partial charge in [0.25, 0.3) is 5.91 Å². The lowest BCUT2D eigenvalue weighted by Gasteiger charge is -2.30. The van der Waals surface area contributed by atoms with Crippen LogP contribution in [0.1, 0.15) is 59.7 Å². The second kappa shape index (κ2) is 10.1. The Kier molecular flexibility index (Phi) is 7.03. The number of nitrogens with one attached hydrogen (secondary N) is 2. The molecule has 172 valence electrons. The first-order chi connectivity index (χ1) is 16.0. The van der Waals surface area contributed by atoms with Gasteiger partial charge in [0.1, 0.15) is 5.69 Å². The predicted molar refractivity (Wildman–Crippen MR) is 131 cm³/mol. The first-order valence-corrected chi connectivity index (χ1v) is 12.1. The predicted octanol–water partition coefficient (Wildman–Crippen LogP) is 5.38. The summed E-state index contributed by atoms with van der Waals surface area (Å²) in [5.74, 6) is 0.531. The number of hydrogen-bond acceptors (Lipinski definition) is 5. The third kappa shape index (κ3) is 5.06. The first-order valence-electron chi connectivity index (χ1n) is 11.3. The molecule has 1 saturated carbocycles. The van der Waals surface area contributed by atoms with E-state index < -0.39 is 0 Å². The Balaban J connectivity index is 1.52. The molecule has 2 N–H and O–H groups in total. The number of aromatic amines is 1. The van der Waals surface area contributed by atoms with Crippen molar-refractivity contribution < 1.29 is 14.4 Å². The minimum Gasteiger partial charge on any atom is -0.321 e. The van der Waals surface area contributed by atoms with Crippen molar-refractivity contribution in [3.05, 3.63) is 53.2 Å². The summed E-state index contributed by atoms with van der Waals surface area (Å²) in [6.07, 6.45) is 6.40. The zero-order valence-electron chi connectivity index (χ0n) is 18.8. The Morgan fingerprint density at radius 3 is 2.52 bits per heavy atom. The number of nitrogens with zero attached hydrogens (tertiary/aromatic N) is 2. The average molecular weight is 465 g/mol. The van der Waals surface area contributed by atoms with E-state index in [1.807, 2.05) is 37.3 Å². The molecule has 1 aliphatic rings. The van der Waals surface area contributed by atoms with Crippen LogP contribution in [0.5, 0.6) is 0 Å². The highest BCUT2D eigenvalue weighted by Crippen LogP contribution is 2.38. The van der Waals surface area contributed by atoms with Crippen molar-refractivity contribution in [3.8, 4) is 10.4 Å². The molecule has 33 heavy (non-hydrogen) atoms. The number of aromatic nitrogens is 2. The quantitative estimate of drug-likeness (QED) is 0.459. The van der Waals surface area contributed by atoms with E-state index in [0.29, 0.717) is 34.4 Å². The molecule has 1 fully saturated rings. The summed E-state index contributed by atoms with van der Waals surface area (Å²) < 4.78 is 0. The number of anilines is 2. The second-order valence-electron chi connectivity index (χ2n) is 8.51. The summed E-state index contributed by atoms with van der Waals surface area (Å²) in [5.41, 5.74) is 2.57. The van der Waals surface area contributed by atoms with Crippen LogP contribution in [0, 0.1) is 11.8 Å². The van der Waals surface area contributed by atoms with E-state index in [4.69, 9.17) is 0 Å². The molecule has 0 atom stereocenters. The van der Waals surface area contributed by atoms with Crippen molar-refractivity contribution in [2.45, 2.75) is 39.5 Å². The topological polar surface area (TPSA) is 95.2 Å². The van der Waals surface area contributed by atoms with Gasteiger partial charge in [-0.05, 0) is 68.4 Å². The van der Waals surface area contributed by atoms with E-state index in [-0.39, 0.29) is 17.7 Å². The monoisotopic (exact) mass is 464 g/mol. The first kappa shape index (κ1) is 22.9. The van der Waals surface area contributed by atoms with E-state index in [2.05, 4.69) is 22.4 Å². The van der Waals surface area contributed by atoms with E-state index in [1.165, 1.54) is 11.3 Å². The van der Waals surface area contributed by atoms with E-state index in [0.717, 1.165) is 42.4 Å². The normalized spacial score (nSPS) is 18.0.